The lowest BCUT2D eigenvalue weighted by atomic mass is 10.1. The number of nitrogens with one attached hydrogen (secondary N) is 2. The summed E-state index contributed by atoms with van der Waals surface area (Å²) >= 11 is 0. The van der Waals surface area contributed by atoms with Crippen LogP contribution in [-0.4, -0.2) is 18.4 Å². The third kappa shape index (κ3) is 4.82. The summed E-state index contributed by atoms with van der Waals surface area (Å²) in [6.07, 6.45) is 0. The number of anilines is 1. The molecule has 0 spiro atoms. The van der Waals surface area contributed by atoms with E-state index in [1.807, 2.05) is 31.2 Å². The van der Waals surface area contributed by atoms with Crippen molar-refractivity contribution in [1.82, 2.24) is 5.32 Å². The number of hydrogen-bond acceptors (Lipinski definition) is 4. The summed E-state index contributed by atoms with van der Waals surface area (Å²) in [7, 11) is 0. The maximum Gasteiger partial charge on any atom is 0.313 e. The second-order valence-corrected chi connectivity index (χ2v) is 5.09. The molecule has 24 heavy (non-hydrogen) atoms. The second-order valence-electron chi connectivity index (χ2n) is 5.09. The molecule has 0 aliphatic rings. The molecular weight excluding hydrogens is 306 g/mol. The third-order valence-corrected chi connectivity index (χ3v) is 3.32. The van der Waals surface area contributed by atoms with Gasteiger partial charge in [0.25, 0.3) is 0 Å². The first-order valence-corrected chi connectivity index (χ1v) is 7.73. The Hall–Kier alpha value is -2.86. The molecule has 2 amide bonds. The molecule has 6 heteroatoms. The normalized spacial score (nSPS) is 10.1. The monoisotopic (exact) mass is 327 g/mol. The Balaban J connectivity index is 1.94. The van der Waals surface area contributed by atoms with E-state index in [2.05, 4.69) is 10.6 Å². The molecule has 0 unspecified atom stereocenters. The highest BCUT2D eigenvalue weighted by atomic mass is 16.5. The molecule has 0 aliphatic carbocycles. The zero-order chi connectivity index (χ0) is 17.4. The predicted octanol–water partition coefficient (Wildman–Crippen LogP) is 1.80. The Morgan fingerprint density at radius 2 is 1.79 bits per heavy atom. The molecule has 0 radical (unpaired) electrons. The number of amides is 2. The van der Waals surface area contributed by atoms with Crippen LogP contribution in [0.2, 0.25) is 0 Å². The number of carbonyl (C=O) groups is 2. The van der Waals surface area contributed by atoms with Crippen LogP contribution in [0.4, 0.5) is 5.69 Å². The fraction of sp³-hybridized carbons (Fsp3) is 0.222. The molecule has 0 bridgehead atoms. The van der Waals surface area contributed by atoms with Gasteiger partial charge in [0.05, 0.1) is 12.3 Å². The summed E-state index contributed by atoms with van der Waals surface area (Å²) in [5.74, 6) is -0.923. The maximum absolute atomic E-state index is 12.0. The second kappa shape index (κ2) is 8.69. The molecule has 2 rings (SSSR count). The highest BCUT2D eigenvalue weighted by Gasteiger charge is 2.15. The number of rotatable bonds is 6. The third-order valence-electron chi connectivity index (χ3n) is 3.32. The van der Waals surface area contributed by atoms with Gasteiger partial charge in [-0.25, -0.2) is 0 Å². The van der Waals surface area contributed by atoms with Crippen LogP contribution in [0.15, 0.2) is 48.5 Å². The summed E-state index contributed by atoms with van der Waals surface area (Å²) in [5, 5.41) is 5.15. The molecule has 0 saturated carbocycles. The molecule has 6 nitrogen and oxygen atoms in total. The first kappa shape index (κ1) is 17.5. The average Bonchev–Trinajstić information content (AvgIpc) is 2.61. The minimum Gasteiger partial charge on any atom is -0.492 e. The first-order chi connectivity index (χ1) is 11.6. The minimum atomic E-state index is -0.739. The van der Waals surface area contributed by atoms with Gasteiger partial charge in [-0.1, -0.05) is 36.4 Å². The lowest BCUT2D eigenvalue weighted by Crippen LogP contribution is -2.35. The average molecular weight is 327 g/mol. The van der Waals surface area contributed by atoms with Gasteiger partial charge < -0.3 is 21.1 Å². The van der Waals surface area contributed by atoms with E-state index in [1.54, 1.807) is 24.3 Å². The minimum absolute atomic E-state index is 0.257. The highest BCUT2D eigenvalue weighted by Crippen LogP contribution is 2.23. The lowest BCUT2D eigenvalue weighted by molar-refractivity contribution is -0.136. The van der Waals surface area contributed by atoms with E-state index in [0.29, 0.717) is 24.6 Å². The van der Waals surface area contributed by atoms with E-state index >= 15 is 0 Å². The molecule has 2 aromatic rings. The van der Waals surface area contributed by atoms with Crippen molar-refractivity contribution in [2.45, 2.75) is 20.0 Å². The van der Waals surface area contributed by atoms with Crippen molar-refractivity contribution < 1.29 is 14.3 Å². The van der Waals surface area contributed by atoms with Gasteiger partial charge in [-0.3, -0.25) is 9.59 Å². The van der Waals surface area contributed by atoms with Crippen molar-refractivity contribution in [2.75, 3.05) is 11.9 Å². The molecule has 126 valence electrons. The predicted molar refractivity (Wildman–Crippen MR) is 92.4 cm³/mol. The molecule has 0 saturated heterocycles. The fourth-order valence-electron chi connectivity index (χ4n) is 2.16. The van der Waals surface area contributed by atoms with Crippen LogP contribution in [0.3, 0.4) is 0 Å². The fourth-order valence-corrected chi connectivity index (χ4v) is 2.16. The van der Waals surface area contributed by atoms with Crippen molar-refractivity contribution >= 4 is 17.5 Å². The van der Waals surface area contributed by atoms with Crippen LogP contribution in [0.1, 0.15) is 18.1 Å². The van der Waals surface area contributed by atoms with Gasteiger partial charge in [0.2, 0.25) is 0 Å². The van der Waals surface area contributed by atoms with Crippen LogP contribution < -0.4 is 21.1 Å². The Morgan fingerprint density at radius 3 is 2.54 bits per heavy atom. The Kier molecular flexibility index (Phi) is 6.33. The van der Waals surface area contributed by atoms with Crippen molar-refractivity contribution in [3.05, 3.63) is 59.7 Å². The number of ether oxygens (including phenoxy) is 1. The van der Waals surface area contributed by atoms with Crippen LogP contribution in [-0.2, 0) is 22.7 Å². The van der Waals surface area contributed by atoms with Gasteiger partial charge in [0, 0.05) is 13.1 Å². The number of nitrogens with two attached hydrogens (primary N) is 1. The Bertz CT molecular complexity index is 716. The topological polar surface area (TPSA) is 93.4 Å². The molecule has 0 aliphatic heterocycles. The number of carbonyl (C=O) groups excluding carboxylic acids is 2. The largest absolute Gasteiger partial charge is 0.492 e. The maximum atomic E-state index is 12.0. The van der Waals surface area contributed by atoms with Crippen LogP contribution in [0.5, 0.6) is 5.75 Å². The van der Waals surface area contributed by atoms with Gasteiger partial charge in [0.15, 0.2) is 0 Å². The Labute approximate surface area is 141 Å². The van der Waals surface area contributed by atoms with E-state index in [1.165, 1.54) is 0 Å². The zero-order valence-corrected chi connectivity index (χ0v) is 13.5. The van der Waals surface area contributed by atoms with Crippen molar-refractivity contribution in [2.24, 2.45) is 5.73 Å². The van der Waals surface area contributed by atoms with Crippen LogP contribution >= 0.6 is 0 Å². The van der Waals surface area contributed by atoms with Gasteiger partial charge in [-0.2, -0.15) is 0 Å². The number of hydrogen-bond donors (Lipinski definition) is 3. The van der Waals surface area contributed by atoms with Gasteiger partial charge in [0.1, 0.15) is 5.75 Å². The summed E-state index contributed by atoms with van der Waals surface area (Å²) < 4.78 is 5.41. The number of benzene rings is 2. The molecule has 2 aromatic carbocycles. The highest BCUT2D eigenvalue weighted by molar-refractivity contribution is 6.39. The molecule has 0 aromatic heterocycles. The molecular formula is C18H21N3O3. The van der Waals surface area contributed by atoms with E-state index in [4.69, 9.17) is 10.5 Å². The van der Waals surface area contributed by atoms with Crippen molar-refractivity contribution in [3.63, 3.8) is 0 Å². The van der Waals surface area contributed by atoms with Gasteiger partial charge in [-0.15, -0.1) is 0 Å². The van der Waals surface area contributed by atoms with Gasteiger partial charge in [-0.05, 0) is 30.2 Å². The molecule has 0 heterocycles. The lowest BCUT2D eigenvalue weighted by Gasteiger charge is -2.11. The summed E-state index contributed by atoms with van der Waals surface area (Å²) in [4.78, 5) is 24.0. The van der Waals surface area contributed by atoms with E-state index in [0.717, 1.165) is 11.1 Å². The van der Waals surface area contributed by atoms with Crippen molar-refractivity contribution in [3.8, 4) is 5.75 Å². The molecule has 0 fully saturated rings. The standard InChI is InChI=1S/C18H21N3O3/c1-2-24-16-9-4-3-8-15(16)21-18(23)17(22)20-12-14-7-5-6-13(10-14)11-19/h3-10H,2,11-12,19H2,1H3,(H,20,22)(H,21,23). The SMILES string of the molecule is CCOc1ccccc1NC(=O)C(=O)NCc1cccc(CN)c1. The Morgan fingerprint density at radius 1 is 1.04 bits per heavy atom. The molecule has 0 atom stereocenters. The van der Waals surface area contributed by atoms with E-state index < -0.39 is 11.8 Å². The summed E-state index contributed by atoms with van der Waals surface area (Å²) in [5.41, 5.74) is 7.90. The first-order valence-electron chi connectivity index (χ1n) is 7.73. The number of para-hydroxylation sites is 2. The van der Waals surface area contributed by atoms with E-state index in [-0.39, 0.29) is 6.54 Å². The van der Waals surface area contributed by atoms with Crippen LogP contribution in [0, 0.1) is 0 Å². The van der Waals surface area contributed by atoms with Crippen LogP contribution in [0.25, 0.3) is 0 Å². The van der Waals surface area contributed by atoms with Gasteiger partial charge >= 0.3 is 11.8 Å². The molecule has 4 N–H and O–H groups in total. The summed E-state index contributed by atoms with van der Waals surface area (Å²) in [6, 6.07) is 14.5. The zero-order valence-electron chi connectivity index (χ0n) is 13.5. The van der Waals surface area contributed by atoms with Crippen molar-refractivity contribution in [1.29, 1.82) is 0 Å². The van der Waals surface area contributed by atoms with E-state index in [9.17, 15) is 9.59 Å². The quantitative estimate of drug-likeness (QED) is 0.705. The summed E-state index contributed by atoms with van der Waals surface area (Å²) in [6.45, 7) is 3.00. The smallest absolute Gasteiger partial charge is 0.313 e.